The third-order valence-electron chi connectivity index (χ3n) is 1.97. The Balaban J connectivity index is 4.92. The van der Waals surface area contributed by atoms with E-state index in [4.69, 9.17) is 5.11 Å². The molecule has 0 spiro atoms. The molecule has 0 aliphatic carbocycles. The van der Waals surface area contributed by atoms with Crippen molar-refractivity contribution in [2.75, 3.05) is 0 Å². The summed E-state index contributed by atoms with van der Waals surface area (Å²) in [5, 5.41) is 18.4. The topological polar surface area (TPSA) is 91.7 Å². The number of carbonyl (C=O) groups is 3. The third-order valence-corrected chi connectivity index (χ3v) is 1.97. The summed E-state index contributed by atoms with van der Waals surface area (Å²) in [5.41, 5.74) is -2.06. The lowest BCUT2D eigenvalue weighted by Crippen LogP contribution is -2.44. The first kappa shape index (κ1) is 13.8. The zero-order chi connectivity index (χ0) is 12.2. The lowest BCUT2D eigenvalue weighted by atomic mass is 9.84. The number of carboxylic acids is 1. The van der Waals surface area contributed by atoms with Gasteiger partial charge in [-0.25, -0.2) is 0 Å². The van der Waals surface area contributed by atoms with Crippen LogP contribution in [0.25, 0.3) is 0 Å². The van der Waals surface area contributed by atoms with Crippen LogP contribution in [0, 0.1) is 5.92 Å². The summed E-state index contributed by atoms with van der Waals surface area (Å²) in [7, 11) is 0. The van der Waals surface area contributed by atoms with Crippen molar-refractivity contribution in [3.63, 3.8) is 0 Å². The lowest BCUT2D eigenvalue weighted by Gasteiger charge is -2.25. The molecule has 5 nitrogen and oxygen atoms in total. The number of rotatable bonds is 6. The van der Waals surface area contributed by atoms with Gasteiger partial charge in [0.2, 0.25) is 0 Å². The van der Waals surface area contributed by atoms with E-state index in [1.807, 2.05) is 0 Å². The summed E-state index contributed by atoms with van der Waals surface area (Å²) in [4.78, 5) is 32.9. The monoisotopic (exact) mass is 216 g/mol. The van der Waals surface area contributed by atoms with Gasteiger partial charge >= 0.3 is 5.97 Å². The van der Waals surface area contributed by atoms with Crippen molar-refractivity contribution in [1.29, 1.82) is 0 Å². The van der Waals surface area contributed by atoms with Gasteiger partial charge in [0.05, 0.1) is 6.42 Å². The molecule has 0 aromatic carbocycles. The SMILES string of the molecule is CC(=O)CC(O)(CC(=O)O)C(=O)C(C)C. The number of Topliss-reactive ketones (excluding diaryl/α,β-unsaturated/α-hetero) is 2. The largest absolute Gasteiger partial charge is 0.481 e. The van der Waals surface area contributed by atoms with Gasteiger partial charge in [-0.15, -0.1) is 0 Å². The van der Waals surface area contributed by atoms with E-state index < -0.39 is 41.9 Å². The molecule has 2 N–H and O–H groups in total. The van der Waals surface area contributed by atoms with Crippen molar-refractivity contribution in [3.05, 3.63) is 0 Å². The number of aliphatic carboxylic acids is 1. The van der Waals surface area contributed by atoms with Crippen LogP contribution in [-0.2, 0) is 14.4 Å². The van der Waals surface area contributed by atoms with Gasteiger partial charge < -0.3 is 10.2 Å². The van der Waals surface area contributed by atoms with Crippen LogP contribution < -0.4 is 0 Å². The highest BCUT2D eigenvalue weighted by molar-refractivity contribution is 5.96. The van der Waals surface area contributed by atoms with E-state index in [0.717, 1.165) is 0 Å². The van der Waals surface area contributed by atoms with Gasteiger partial charge in [-0.05, 0) is 6.92 Å². The van der Waals surface area contributed by atoms with Crippen molar-refractivity contribution in [2.24, 2.45) is 5.92 Å². The maximum absolute atomic E-state index is 11.6. The van der Waals surface area contributed by atoms with Crippen LogP contribution in [0.4, 0.5) is 0 Å². The zero-order valence-corrected chi connectivity index (χ0v) is 9.11. The highest BCUT2D eigenvalue weighted by Gasteiger charge is 2.40. The van der Waals surface area contributed by atoms with Crippen LogP contribution >= 0.6 is 0 Å². The number of carbonyl (C=O) groups excluding carboxylic acids is 2. The predicted molar refractivity (Wildman–Crippen MR) is 52.3 cm³/mol. The van der Waals surface area contributed by atoms with Crippen LogP contribution in [0.3, 0.4) is 0 Å². The number of hydrogen-bond acceptors (Lipinski definition) is 4. The summed E-state index contributed by atoms with van der Waals surface area (Å²) in [6.07, 6.45) is -1.18. The van der Waals surface area contributed by atoms with Gasteiger partial charge in [-0.3, -0.25) is 14.4 Å². The Labute approximate surface area is 88.1 Å². The molecule has 86 valence electrons. The maximum Gasteiger partial charge on any atom is 0.306 e. The molecule has 0 saturated carbocycles. The van der Waals surface area contributed by atoms with Crippen molar-refractivity contribution in [3.8, 4) is 0 Å². The minimum Gasteiger partial charge on any atom is -0.481 e. The van der Waals surface area contributed by atoms with Crippen LogP contribution in [0.15, 0.2) is 0 Å². The van der Waals surface area contributed by atoms with Crippen molar-refractivity contribution in [2.45, 2.75) is 39.2 Å². The fourth-order valence-electron chi connectivity index (χ4n) is 1.44. The van der Waals surface area contributed by atoms with E-state index in [1.54, 1.807) is 13.8 Å². The summed E-state index contributed by atoms with van der Waals surface area (Å²) in [6, 6.07) is 0. The van der Waals surface area contributed by atoms with E-state index >= 15 is 0 Å². The Hall–Kier alpha value is -1.23. The number of aliphatic hydroxyl groups is 1. The molecule has 0 amide bonds. The molecule has 1 unspecified atom stereocenters. The minimum absolute atomic E-state index is 0.409. The summed E-state index contributed by atoms with van der Waals surface area (Å²) in [6.45, 7) is 4.31. The molecule has 0 aliphatic heterocycles. The van der Waals surface area contributed by atoms with Gasteiger partial charge in [0.25, 0.3) is 0 Å². The Morgan fingerprint density at radius 3 is 1.93 bits per heavy atom. The molecule has 0 saturated heterocycles. The highest BCUT2D eigenvalue weighted by atomic mass is 16.4. The molecule has 15 heavy (non-hydrogen) atoms. The second-order valence-corrected chi connectivity index (χ2v) is 4.00. The van der Waals surface area contributed by atoms with E-state index in [0.29, 0.717) is 0 Å². The number of hydrogen-bond donors (Lipinski definition) is 2. The molecule has 0 radical (unpaired) electrons. The van der Waals surface area contributed by atoms with Gasteiger partial charge in [0.1, 0.15) is 11.4 Å². The van der Waals surface area contributed by atoms with Crippen molar-refractivity contribution >= 4 is 17.5 Å². The standard InChI is InChI=1S/C10H16O5/c1-6(2)9(14)10(15,4-7(3)11)5-8(12)13/h6,15H,4-5H2,1-3H3,(H,12,13). The molecule has 0 aromatic heterocycles. The Kier molecular flexibility index (Phi) is 4.61. The Morgan fingerprint density at radius 2 is 1.67 bits per heavy atom. The quantitative estimate of drug-likeness (QED) is 0.670. The molecule has 0 aromatic rings. The fraction of sp³-hybridized carbons (Fsp3) is 0.700. The summed E-state index contributed by atoms with van der Waals surface area (Å²) < 4.78 is 0. The lowest BCUT2D eigenvalue weighted by molar-refractivity contribution is -0.155. The molecular weight excluding hydrogens is 200 g/mol. The maximum atomic E-state index is 11.6. The zero-order valence-electron chi connectivity index (χ0n) is 9.11. The summed E-state index contributed by atoms with van der Waals surface area (Å²) in [5.74, 6) is -2.82. The predicted octanol–water partition coefficient (Wildman–Crippen LogP) is 0.396. The molecular formula is C10H16O5. The van der Waals surface area contributed by atoms with Gasteiger partial charge in [0, 0.05) is 12.3 Å². The van der Waals surface area contributed by atoms with Gasteiger partial charge in [0.15, 0.2) is 5.78 Å². The van der Waals surface area contributed by atoms with Crippen molar-refractivity contribution < 1.29 is 24.6 Å². The van der Waals surface area contributed by atoms with E-state index in [1.165, 1.54) is 6.92 Å². The fourth-order valence-corrected chi connectivity index (χ4v) is 1.44. The normalized spacial score (nSPS) is 14.7. The number of carboxylic acid groups (broad SMARTS) is 1. The second kappa shape index (κ2) is 5.02. The summed E-state index contributed by atoms with van der Waals surface area (Å²) >= 11 is 0. The van der Waals surface area contributed by atoms with Crippen LogP contribution in [-0.4, -0.2) is 33.3 Å². The van der Waals surface area contributed by atoms with Gasteiger partial charge in [-0.1, -0.05) is 13.8 Å². The van der Waals surface area contributed by atoms with E-state index in [9.17, 15) is 19.5 Å². The van der Waals surface area contributed by atoms with E-state index in [-0.39, 0.29) is 0 Å². The average molecular weight is 216 g/mol. The molecule has 0 aliphatic rings. The smallest absolute Gasteiger partial charge is 0.306 e. The average Bonchev–Trinajstić information content (AvgIpc) is 1.99. The first-order chi connectivity index (χ1) is 6.69. The van der Waals surface area contributed by atoms with E-state index in [2.05, 4.69) is 0 Å². The first-order valence-corrected chi connectivity index (χ1v) is 4.67. The van der Waals surface area contributed by atoms with Crippen LogP contribution in [0.1, 0.15) is 33.6 Å². The van der Waals surface area contributed by atoms with Crippen LogP contribution in [0.5, 0.6) is 0 Å². The first-order valence-electron chi connectivity index (χ1n) is 4.67. The molecule has 0 rings (SSSR count). The molecule has 5 heteroatoms. The molecule has 1 atom stereocenters. The van der Waals surface area contributed by atoms with Gasteiger partial charge in [-0.2, -0.15) is 0 Å². The Morgan fingerprint density at radius 1 is 1.20 bits per heavy atom. The number of ketones is 2. The van der Waals surface area contributed by atoms with Crippen LogP contribution in [0.2, 0.25) is 0 Å². The molecule has 0 bridgehead atoms. The van der Waals surface area contributed by atoms with Crippen molar-refractivity contribution in [1.82, 2.24) is 0 Å². The molecule has 0 heterocycles. The highest BCUT2D eigenvalue weighted by Crippen LogP contribution is 2.21. The third kappa shape index (κ3) is 4.20. The molecule has 0 fully saturated rings. The second-order valence-electron chi connectivity index (χ2n) is 4.00. The minimum atomic E-state index is -2.06. The Bertz CT molecular complexity index is 264.